The van der Waals surface area contributed by atoms with Gasteiger partial charge in [-0.15, -0.1) is 0 Å². The van der Waals surface area contributed by atoms with E-state index in [1.165, 1.54) is 11.4 Å². The molecule has 0 saturated carbocycles. The SMILES string of the molecule is CCOc1cc2c(cc1OCC)[C@H](CC(=O)OC)N(S(=O)(=O)Cc1ccccc1)CC2. The first-order chi connectivity index (χ1) is 14.9. The fraction of sp³-hybridized carbons (Fsp3) is 0.435. The van der Waals surface area contributed by atoms with Crippen LogP contribution in [0.25, 0.3) is 0 Å². The fourth-order valence-corrected chi connectivity index (χ4v) is 5.60. The largest absolute Gasteiger partial charge is 0.490 e. The number of nitrogens with zero attached hydrogens (tertiary/aromatic N) is 1. The summed E-state index contributed by atoms with van der Waals surface area (Å²) in [6, 6.07) is 12.1. The number of rotatable bonds is 9. The number of fused-ring (bicyclic) bond motifs is 1. The summed E-state index contributed by atoms with van der Waals surface area (Å²) in [7, 11) is -2.37. The predicted octanol–water partition coefficient (Wildman–Crippen LogP) is 3.48. The molecular formula is C23H29NO6S. The quantitative estimate of drug-likeness (QED) is 0.548. The molecule has 0 bridgehead atoms. The molecule has 7 nitrogen and oxygen atoms in total. The number of hydrogen-bond acceptors (Lipinski definition) is 6. The van der Waals surface area contributed by atoms with Gasteiger partial charge in [0, 0.05) is 6.54 Å². The van der Waals surface area contributed by atoms with Gasteiger partial charge in [-0.3, -0.25) is 4.79 Å². The molecule has 0 amide bonds. The molecule has 0 aromatic heterocycles. The van der Waals surface area contributed by atoms with E-state index in [1.54, 1.807) is 12.1 Å². The third-order valence-corrected chi connectivity index (χ3v) is 7.10. The van der Waals surface area contributed by atoms with E-state index in [0.29, 0.717) is 36.7 Å². The Hall–Kier alpha value is -2.58. The summed E-state index contributed by atoms with van der Waals surface area (Å²) >= 11 is 0. The second-order valence-corrected chi connectivity index (χ2v) is 9.18. The van der Waals surface area contributed by atoms with Crippen LogP contribution in [0.3, 0.4) is 0 Å². The zero-order valence-corrected chi connectivity index (χ0v) is 19.0. The molecule has 0 aliphatic carbocycles. The predicted molar refractivity (Wildman–Crippen MR) is 118 cm³/mol. The molecule has 1 aliphatic rings. The number of carbonyl (C=O) groups is 1. The van der Waals surface area contributed by atoms with E-state index in [4.69, 9.17) is 14.2 Å². The van der Waals surface area contributed by atoms with Gasteiger partial charge >= 0.3 is 5.97 Å². The summed E-state index contributed by atoms with van der Waals surface area (Å²) in [6.45, 7) is 4.98. The van der Waals surface area contributed by atoms with E-state index in [0.717, 1.165) is 11.1 Å². The van der Waals surface area contributed by atoms with Crippen molar-refractivity contribution in [2.24, 2.45) is 0 Å². The van der Waals surface area contributed by atoms with Crippen molar-refractivity contribution in [3.05, 3.63) is 59.2 Å². The van der Waals surface area contributed by atoms with Gasteiger partial charge in [0.2, 0.25) is 10.0 Å². The lowest BCUT2D eigenvalue weighted by Crippen LogP contribution is -2.41. The lowest BCUT2D eigenvalue weighted by Gasteiger charge is -2.36. The van der Waals surface area contributed by atoms with Crippen LogP contribution in [0.1, 0.15) is 43.0 Å². The van der Waals surface area contributed by atoms with E-state index in [2.05, 4.69) is 0 Å². The summed E-state index contributed by atoms with van der Waals surface area (Å²) in [6.07, 6.45) is 0.449. The van der Waals surface area contributed by atoms with Crippen LogP contribution in [0.15, 0.2) is 42.5 Å². The molecule has 168 valence electrons. The number of carbonyl (C=O) groups excluding carboxylic acids is 1. The van der Waals surface area contributed by atoms with Gasteiger partial charge in [0.1, 0.15) is 0 Å². The van der Waals surface area contributed by atoms with E-state index in [1.807, 2.05) is 44.2 Å². The standard InChI is InChI=1S/C23H29NO6S/c1-4-29-21-13-18-11-12-24(31(26,27)16-17-9-7-6-8-10-17)20(15-23(25)28-3)19(18)14-22(21)30-5-2/h6-10,13-14,20H,4-5,11-12,15-16H2,1-3H3/t20-/m0/s1. The maximum atomic E-state index is 13.3. The number of ether oxygens (including phenoxy) is 3. The Labute approximate surface area is 184 Å². The van der Waals surface area contributed by atoms with E-state index >= 15 is 0 Å². The average Bonchev–Trinajstić information content (AvgIpc) is 2.75. The van der Waals surface area contributed by atoms with Crippen LogP contribution >= 0.6 is 0 Å². The third-order valence-electron chi connectivity index (χ3n) is 5.25. The van der Waals surface area contributed by atoms with E-state index < -0.39 is 22.0 Å². The van der Waals surface area contributed by atoms with Crippen LogP contribution in [-0.2, 0) is 31.7 Å². The summed E-state index contributed by atoms with van der Waals surface area (Å²) in [5, 5.41) is 0. The summed E-state index contributed by atoms with van der Waals surface area (Å²) < 4.78 is 44.4. The zero-order chi connectivity index (χ0) is 22.4. The Morgan fingerprint density at radius 3 is 2.32 bits per heavy atom. The summed E-state index contributed by atoms with van der Waals surface area (Å²) in [5.41, 5.74) is 2.40. The smallest absolute Gasteiger partial charge is 0.307 e. The Bertz CT molecular complexity index is 1010. The Balaban J connectivity index is 2.03. The van der Waals surface area contributed by atoms with Crippen molar-refractivity contribution < 1.29 is 27.4 Å². The van der Waals surface area contributed by atoms with Crippen LogP contribution in [0.2, 0.25) is 0 Å². The van der Waals surface area contributed by atoms with Gasteiger partial charge in [-0.25, -0.2) is 8.42 Å². The fourth-order valence-electron chi connectivity index (χ4n) is 3.88. The Morgan fingerprint density at radius 2 is 1.71 bits per heavy atom. The van der Waals surface area contributed by atoms with Gasteiger partial charge in [-0.05, 0) is 49.1 Å². The maximum absolute atomic E-state index is 13.3. The molecule has 0 fully saturated rings. The molecule has 1 aliphatic heterocycles. The minimum atomic E-state index is -3.67. The number of esters is 1. The number of benzene rings is 2. The lowest BCUT2D eigenvalue weighted by molar-refractivity contribution is -0.141. The van der Waals surface area contributed by atoms with Crippen molar-refractivity contribution in [3.63, 3.8) is 0 Å². The second-order valence-electron chi connectivity index (χ2n) is 7.26. The maximum Gasteiger partial charge on any atom is 0.307 e. The van der Waals surface area contributed by atoms with Crippen molar-refractivity contribution in [1.29, 1.82) is 0 Å². The molecule has 0 saturated heterocycles. The molecular weight excluding hydrogens is 418 g/mol. The first-order valence-corrected chi connectivity index (χ1v) is 12.0. The Morgan fingerprint density at radius 1 is 1.06 bits per heavy atom. The van der Waals surface area contributed by atoms with Gasteiger partial charge < -0.3 is 14.2 Å². The highest BCUT2D eigenvalue weighted by atomic mass is 32.2. The molecule has 0 N–H and O–H groups in total. The van der Waals surface area contributed by atoms with E-state index in [9.17, 15) is 13.2 Å². The molecule has 2 aromatic rings. The zero-order valence-electron chi connectivity index (χ0n) is 18.2. The van der Waals surface area contributed by atoms with Gasteiger partial charge in [-0.2, -0.15) is 4.31 Å². The van der Waals surface area contributed by atoms with Crippen LogP contribution in [0, 0.1) is 0 Å². The van der Waals surface area contributed by atoms with Crippen molar-refractivity contribution in [3.8, 4) is 11.5 Å². The average molecular weight is 448 g/mol. The Kier molecular flexibility index (Phi) is 7.56. The van der Waals surface area contributed by atoms with Crippen LogP contribution < -0.4 is 9.47 Å². The monoisotopic (exact) mass is 447 g/mol. The normalized spacial score (nSPS) is 16.4. The molecule has 8 heteroatoms. The lowest BCUT2D eigenvalue weighted by atomic mass is 9.91. The van der Waals surface area contributed by atoms with Crippen molar-refractivity contribution in [2.75, 3.05) is 26.9 Å². The molecule has 0 unspecified atom stereocenters. The van der Waals surface area contributed by atoms with Gasteiger partial charge in [0.15, 0.2) is 11.5 Å². The molecule has 3 rings (SSSR count). The highest BCUT2D eigenvalue weighted by Gasteiger charge is 2.37. The minimum Gasteiger partial charge on any atom is -0.490 e. The van der Waals surface area contributed by atoms with Crippen LogP contribution in [0.5, 0.6) is 11.5 Å². The van der Waals surface area contributed by atoms with Crippen LogP contribution in [0.4, 0.5) is 0 Å². The molecule has 2 aromatic carbocycles. The van der Waals surface area contributed by atoms with Crippen molar-refractivity contribution >= 4 is 16.0 Å². The topological polar surface area (TPSA) is 82.1 Å². The molecule has 31 heavy (non-hydrogen) atoms. The summed E-state index contributed by atoms with van der Waals surface area (Å²) in [5.74, 6) is 0.571. The van der Waals surface area contributed by atoms with Crippen molar-refractivity contribution in [2.45, 2.75) is 38.5 Å². The number of sulfonamides is 1. The summed E-state index contributed by atoms with van der Waals surface area (Å²) in [4.78, 5) is 12.2. The highest BCUT2D eigenvalue weighted by molar-refractivity contribution is 7.88. The number of hydrogen-bond donors (Lipinski definition) is 0. The molecule has 1 atom stereocenters. The first-order valence-electron chi connectivity index (χ1n) is 10.4. The van der Waals surface area contributed by atoms with Gasteiger partial charge in [-0.1, -0.05) is 30.3 Å². The minimum absolute atomic E-state index is 0.0724. The van der Waals surface area contributed by atoms with Crippen LogP contribution in [-0.4, -0.2) is 45.6 Å². The van der Waals surface area contributed by atoms with Gasteiger partial charge in [0.05, 0.1) is 38.5 Å². The number of methoxy groups -OCH3 is 1. The molecule has 0 spiro atoms. The third kappa shape index (κ3) is 5.37. The molecule has 0 radical (unpaired) electrons. The van der Waals surface area contributed by atoms with E-state index in [-0.39, 0.29) is 18.7 Å². The van der Waals surface area contributed by atoms with Crippen molar-refractivity contribution in [1.82, 2.24) is 4.31 Å². The van der Waals surface area contributed by atoms with Gasteiger partial charge in [0.25, 0.3) is 0 Å². The molecule has 1 heterocycles. The highest BCUT2D eigenvalue weighted by Crippen LogP contribution is 2.41. The first kappa shape index (κ1) is 23.1. The second kappa shape index (κ2) is 10.2.